The monoisotopic (exact) mass is 353 g/mol. The van der Waals surface area contributed by atoms with Gasteiger partial charge < -0.3 is 14.7 Å². The molecular formula is C21H23NO4. The van der Waals surface area contributed by atoms with Crippen molar-refractivity contribution in [2.45, 2.75) is 25.3 Å². The minimum Gasteiger partial charge on any atom is -0.481 e. The first-order chi connectivity index (χ1) is 12.6. The zero-order valence-corrected chi connectivity index (χ0v) is 14.8. The topological polar surface area (TPSA) is 66.8 Å². The van der Waals surface area contributed by atoms with Crippen molar-refractivity contribution in [3.63, 3.8) is 0 Å². The average Bonchev–Trinajstić information content (AvgIpc) is 2.66. The summed E-state index contributed by atoms with van der Waals surface area (Å²) < 4.78 is 5.39. The summed E-state index contributed by atoms with van der Waals surface area (Å²) in [6.07, 6.45) is 0.664. The van der Waals surface area contributed by atoms with Crippen LogP contribution in [0.15, 0.2) is 54.6 Å². The first kappa shape index (κ1) is 18.1. The fraction of sp³-hybridized carbons (Fsp3) is 0.333. The van der Waals surface area contributed by atoms with Crippen molar-refractivity contribution in [2.24, 2.45) is 0 Å². The number of hydrogen-bond acceptors (Lipinski definition) is 3. The van der Waals surface area contributed by atoms with Crippen LogP contribution in [-0.2, 0) is 9.53 Å². The van der Waals surface area contributed by atoms with E-state index in [2.05, 4.69) is 0 Å². The quantitative estimate of drug-likeness (QED) is 0.774. The van der Waals surface area contributed by atoms with Crippen molar-refractivity contribution in [2.75, 3.05) is 19.8 Å². The summed E-state index contributed by atoms with van der Waals surface area (Å²) >= 11 is 0. The highest BCUT2D eigenvalue weighted by atomic mass is 16.5. The molecule has 26 heavy (non-hydrogen) atoms. The van der Waals surface area contributed by atoms with Gasteiger partial charge in [-0.15, -0.1) is 0 Å². The molecule has 1 N–H and O–H groups in total. The highest BCUT2D eigenvalue weighted by molar-refractivity contribution is 6.00. The number of amides is 1. The number of nitrogens with zero attached hydrogens (tertiary/aromatic N) is 1. The van der Waals surface area contributed by atoms with E-state index in [9.17, 15) is 14.7 Å². The van der Waals surface area contributed by atoms with E-state index in [1.165, 1.54) is 0 Å². The number of carbonyl (C=O) groups is 2. The Morgan fingerprint density at radius 3 is 2.50 bits per heavy atom. The third-order valence-corrected chi connectivity index (χ3v) is 4.74. The fourth-order valence-corrected chi connectivity index (χ4v) is 3.61. The number of hydrogen-bond donors (Lipinski definition) is 1. The van der Waals surface area contributed by atoms with Crippen LogP contribution in [-0.4, -0.2) is 41.6 Å². The highest BCUT2D eigenvalue weighted by Gasteiger charge is 2.43. The van der Waals surface area contributed by atoms with E-state index in [4.69, 9.17) is 4.74 Å². The van der Waals surface area contributed by atoms with Gasteiger partial charge in [0.05, 0.1) is 6.04 Å². The lowest BCUT2D eigenvalue weighted by atomic mass is 9.79. The average molecular weight is 353 g/mol. The summed E-state index contributed by atoms with van der Waals surface area (Å²) in [6.45, 7) is 3.55. The minimum atomic E-state index is -0.923. The van der Waals surface area contributed by atoms with Crippen molar-refractivity contribution in [3.05, 3.63) is 71.3 Å². The molecule has 0 saturated heterocycles. The molecule has 0 spiro atoms. The molecule has 1 heterocycles. The van der Waals surface area contributed by atoms with E-state index in [1.54, 1.807) is 29.2 Å². The van der Waals surface area contributed by atoms with Gasteiger partial charge >= 0.3 is 5.97 Å². The lowest BCUT2D eigenvalue weighted by Gasteiger charge is -2.41. The molecule has 2 aromatic rings. The lowest BCUT2D eigenvalue weighted by Crippen LogP contribution is -2.45. The Balaban J connectivity index is 2.04. The molecule has 0 radical (unpaired) electrons. The minimum absolute atomic E-state index is 0.122. The Morgan fingerprint density at radius 2 is 1.81 bits per heavy atom. The Morgan fingerprint density at radius 1 is 1.12 bits per heavy atom. The summed E-state index contributed by atoms with van der Waals surface area (Å²) in [4.78, 5) is 27.0. The molecule has 2 aromatic carbocycles. The van der Waals surface area contributed by atoms with Gasteiger partial charge in [-0.25, -0.2) is 0 Å². The van der Waals surface area contributed by atoms with Crippen LogP contribution in [0.25, 0.3) is 0 Å². The number of fused-ring (bicyclic) bond motifs is 1. The largest absolute Gasteiger partial charge is 0.481 e. The molecule has 1 aliphatic rings. The zero-order valence-electron chi connectivity index (χ0n) is 14.8. The Bertz CT molecular complexity index is 775. The number of aliphatic carboxylic acids is 1. The smallest absolute Gasteiger partial charge is 0.313 e. The van der Waals surface area contributed by atoms with Gasteiger partial charge in [-0.3, -0.25) is 9.59 Å². The fourth-order valence-electron chi connectivity index (χ4n) is 3.61. The molecule has 1 aliphatic heterocycles. The van der Waals surface area contributed by atoms with Gasteiger partial charge in [0.25, 0.3) is 5.91 Å². The molecule has 3 rings (SSSR count). The first-order valence-corrected chi connectivity index (χ1v) is 8.90. The van der Waals surface area contributed by atoms with Crippen molar-refractivity contribution in [1.82, 2.24) is 4.90 Å². The SMILES string of the molecule is CCOCCCN1C(=O)c2ccccc2[C@@H](C(=O)O)[C@H]1c1ccccc1. The number of carboxylic acid groups (broad SMARTS) is 1. The summed E-state index contributed by atoms with van der Waals surface area (Å²) in [5.41, 5.74) is 1.89. The maximum Gasteiger partial charge on any atom is 0.313 e. The molecule has 0 bridgehead atoms. The molecule has 0 aromatic heterocycles. The lowest BCUT2D eigenvalue weighted by molar-refractivity contribution is -0.140. The first-order valence-electron chi connectivity index (χ1n) is 8.90. The van der Waals surface area contributed by atoms with Crippen molar-refractivity contribution >= 4 is 11.9 Å². The molecule has 136 valence electrons. The molecule has 1 amide bonds. The Labute approximate surface area is 153 Å². The van der Waals surface area contributed by atoms with Crippen molar-refractivity contribution in [1.29, 1.82) is 0 Å². The predicted octanol–water partition coefficient (Wildman–Crippen LogP) is 3.48. The molecular weight excluding hydrogens is 330 g/mol. The second-order valence-corrected chi connectivity index (χ2v) is 6.31. The van der Waals surface area contributed by atoms with Crippen LogP contribution in [0.2, 0.25) is 0 Å². The standard InChI is InChI=1S/C21H23NO4/c1-2-26-14-8-13-22-19(15-9-4-3-5-10-15)18(21(24)25)16-11-6-7-12-17(16)20(22)23/h3-7,9-12,18-19H,2,8,13-14H2,1H3,(H,24,25)/t18-,19-/m1/s1. The summed E-state index contributed by atoms with van der Waals surface area (Å²) in [6, 6.07) is 15.9. The molecule has 0 aliphatic carbocycles. The van der Waals surface area contributed by atoms with Gasteiger partial charge in [0.15, 0.2) is 0 Å². The molecule has 0 saturated carbocycles. The van der Waals surface area contributed by atoms with Crippen molar-refractivity contribution in [3.8, 4) is 0 Å². The second kappa shape index (κ2) is 8.15. The number of ether oxygens (including phenoxy) is 1. The van der Waals surface area contributed by atoms with Crippen LogP contribution in [0, 0.1) is 0 Å². The molecule has 0 fully saturated rings. The molecule has 5 nitrogen and oxygen atoms in total. The third kappa shape index (κ3) is 3.48. The van der Waals surface area contributed by atoms with Gasteiger partial charge in [-0.1, -0.05) is 48.5 Å². The second-order valence-electron chi connectivity index (χ2n) is 6.31. The van der Waals surface area contributed by atoms with Gasteiger partial charge in [0.1, 0.15) is 5.92 Å². The van der Waals surface area contributed by atoms with Gasteiger partial charge in [-0.05, 0) is 30.5 Å². The van der Waals surface area contributed by atoms with E-state index < -0.39 is 17.9 Å². The molecule has 2 atom stereocenters. The summed E-state index contributed by atoms with van der Waals surface area (Å²) in [5.74, 6) is -1.84. The number of carboxylic acids is 1. The maximum atomic E-state index is 13.1. The normalized spacial score (nSPS) is 19.3. The maximum absolute atomic E-state index is 13.1. The number of rotatable bonds is 7. The predicted molar refractivity (Wildman–Crippen MR) is 98.1 cm³/mol. The Kier molecular flexibility index (Phi) is 5.68. The number of benzene rings is 2. The Hall–Kier alpha value is -2.66. The van der Waals surface area contributed by atoms with Crippen LogP contribution in [0.5, 0.6) is 0 Å². The highest BCUT2D eigenvalue weighted by Crippen LogP contribution is 2.42. The van der Waals surface area contributed by atoms with E-state index >= 15 is 0 Å². The number of carbonyl (C=O) groups excluding carboxylic acids is 1. The van der Waals surface area contributed by atoms with Crippen molar-refractivity contribution < 1.29 is 19.4 Å². The molecule has 5 heteroatoms. The summed E-state index contributed by atoms with van der Waals surface area (Å²) in [5, 5.41) is 9.97. The van der Waals surface area contributed by atoms with Crippen LogP contribution in [0.3, 0.4) is 0 Å². The van der Waals surface area contributed by atoms with E-state index in [0.717, 1.165) is 5.56 Å². The van der Waals surface area contributed by atoms with Crippen LogP contribution in [0.1, 0.15) is 46.8 Å². The summed E-state index contributed by atoms with van der Waals surface area (Å²) in [7, 11) is 0. The van der Waals surface area contributed by atoms with Gasteiger partial charge in [-0.2, -0.15) is 0 Å². The van der Waals surface area contributed by atoms with Crippen LogP contribution < -0.4 is 0 Å². The zero-order chi connectivity index (χ0) is 18.5. The van der Waals surface area contributed by atoms with Crippen LogP contribution in [0.4, 0.5) is 0 Å². The van der Waals surface area contributed by atoms with Gasteiger partial charge in [0.2, 0.25) is 0 Å². The van der Waals surface area contributed by atoms with Crippen LogP contribution >= 0.6 is 0 Å². The van der Waals surface area contributed by atoms with E-state index in [1.807, 2.05) is 37.3 Å². The van der Waals surface area contributed by atoms with Gasteiger partial charge in [0, 0.05) is 25.3 Å². The third-order valence-electron chi connectivity index (χ3n) is 4.74. The van der Waals surface area contributed by atoms with E-state index in [-0.39, 0.29) is 5.91 Å². The molecule has 0 unspecified atom stereocenters. The van der Waals surface area contributed by atoms with E-state index in [0.29, 0.717) is 37.3 Å².